The van der Waals surface area contributed by atoms with Crippen LogP contribution in [0, 0.1) is 13.8 Å². The van der Waals surface area contributed by atoms with Gasteiger partial charge in [0.25, 0.3) is 0 Å². The summed E-state index contributed by atoms with van der Waals surface area (Å²) in [6, 6.07) is 10.0. The number of carbonyl (C=O) groups is 1. The maximum atomic E-state index is 13.2. The van der Waals surface area contributed by atoms with E-state index in [-0.39, 0.29) is 11.9 Å². The average molecular weight is 371 g/mol. The highest BCUT2D eigenvalue weighted by Crippen LogP contribution is 2.20. The smallest absolute Gasteiger partial charge is 0.245 e. The zero-order valence-electron chi connectivity index (χ0n) is 15.7. The summed E-state index contributed by atoms with van der Waals surface area (Å²) < 4.78 is 0. The number of anilines is 1. The highest BCUT2D eigenvalue weighted by atomic mass is 32.2. The van der Waals surface area contributed by atoms with E-state index in [4.69, 9.17) is 0 Å². The molecular formula is C20H26N4OS. The Morgan fingerprint density at radius 3 is 2.62 bits per heavy atom. The molecule has 1 aromatic carbocycles. The van der Waals surface area contributed by atoms with Gasteiger partial charge in [-0.1, -0.05) is 24.3 Å². The Balaban J connectivity index is 1.75. The van der Waals surface area contributed by atoms with Gasteiger partial charge in [0.1, 0.15) is 6.04 Å². The number of nitrogens with zero attached hydrogens (tertiary/aromatic N) is 3. The largest absolute Gasteiger partial charge is 0.342 e. The lowest BCUT2D eigenvalue weighted by molar-refractivity contribution is -0.133. The van der Waals surface area contributed by atoms with E-state index in [0.29, 0.717) is 12.5 Å². The van der Waals surface area contributed by atoms with Crippen LogP contribution in [0.15, 0.2) is 30.3 Å². The first-order valence-corrected chi connectivity index (χ1v) is 10.4. The molecule has 1 amide bonds. The van der Waals surface area contributed by atoms with Crippen molar-refractivity contribution in [1.29, 1.82) is 0 Å². The minimum absolute atomic E-state index is 0.135. The van der Waals surface area contributed by atoms with Crippen molar-refractivity contribution in [2.45, 2.75) is 39.3 Å². The molecule has 26 heavy (non-hydrogen) atoms. The molecule has 1 unspecified atom stereocenters. The highest BCUT2D eigenvalue weighted by molar-refractivity contribution is 7.98. The van der Waals surface area contributed by atoms with Crippen molar-refractivity contribution < 1.29 is 4.79 Å². The summed E-state index contributed by atoms with van der Waals surface area (Å²) in [7, 11) is 0. The molecule has 2 aromatic rings. The van der Waals surface area contributed by atoms with Crippen molar-refractivity contribution in [1.82, 2.24) is 14.9 Å². The van der Waals surface area contributed by atoms with Crippen LogP contribution in [0.4, 0.5) is 5.95 Å². The van der Waals surface area contributed by atoms with Gasteiger partial charge in [0.05, 0.1) is 0 Å². The molecule has 0 fully saturated rings. The third-order valence-electron chi connectivity index (χ3n) is 4.64. The molecule has 0 aliphatic carbocycles. The first-order chi connectivity index (χ1) is 12.6. The van der Waals surface area contributed by atoms with Crippen molar-refractivity contribution in [2.24, 2.45) is 0 Å². The van der Waals surface area contributed by atoms with Crippen molar-refractivity contribution >= 4 is 23.6 Å². The van der Waals surface area contributed by atoms with Gasteiger partial charge in [-0.15, -0.1) is 0 Å². The second kappa shape index (κ2) is 8.54. The maximum absolute atomic E-state index is 13.2. The normalized spacial score (nSPS) is 14.7. The summed E-state index contributed by atoms with van der Waals surface area (Å²) in [4.78, 5) is 24.0. The number of aryl methyl sites for hydroxylation is 2. The van der Waals surface area contributed by atoms with Gasteiger partial charge in [-0.2, -0.15) is 11.8 Å². The molecule has 1 atom stereocenters. The van der Waals surface area contributed by atoms with Crippen molar-refractivity contribution in [3.05, 3.63) is 52.8 Å². The Bertz CT molecular complexity index is 760. The van der Waals surface area contributed by atoms with Gasteiger partial charge in [0.15, 0.2) is 0 Å². The summed E-state index contributed by atoms with van der Waals surface area (Å²) >= 11 is 1.75. The molecule has 2 heterocycles. The topological polar surface area (TPSA) is 58.1 Å². The van der Waals surface area contributed by atoms with E-state index in [9.17, 15) is 4.79 Å². The Labute approximate surface area is 159 Å². The van der Waals surface area contributed by atoms with Crippen LogP contribution >= 0.6 is 11.8 Å². The van der Waals surface area contributed by atoms with Crippen LogP contribution in [0.5, 0.6) is 0 Å². The van der Waals surface area contributed by atoms with E-state index < -0.39 is 0 Å². The molecule has 0 bridgehead atoms. The number of nitrogens with one attached hydrogen (secondary N) is 1. The van der Waals surface area contributed by atoms with Gasteiger partial charge in [-0.25, -0.2) is 9.97 Å². The lowest BCUT2D eigenvalue weighted by atomic mass is 9.99. The highest BCUT2D eigenvalue weighted by Gasteiger charge is 2.27. The minimum atomic E-state index is -0.297. The van der Waals surface area contributed by atoms with Crippen molar-refractivity contribution in [3.63, 3.8) is 0 Å². The number of fused-ring (bicyclic) bond motifs is 1. The number of rotatable bonds is 6. The fourth-order valence-electron chi connectivity index (χ4n) is 3.34. The number of thioether (sulfide) groups is 1. The van der Waals surface area contributed by atoms with Gasteiger partial charge in [-0.3, -0.25) is 4.79 Å². The summed E-state index contributed by atoms with van der Waals surface area (Å²) in [5.41, 5.74) is 4.41. The molecular weight excluding hydrogens is 344 g/mol. The molecule has 0 saturated heterocycles. The van der Waals surface area contributed by atoms with Crippen LogP contribution in [-0.2, 0) is 17.8 Å². The van der Waals surface area contributed by atoms with Crippen LogP contribution in [0.25, 0.3) is 0 Å². The number of aromatic nitrogens is 2. The van der Waals surface area contributed by atoms with Gasteiger partial charge in [0, 0.05) is 24.5 Å². The molecule has 1 aliphatic heterocycles. The number of amides is 1. The molecule has 1 aromatic heterocycles. The van der Waals surface area contributed by atoms with Crippen LogP contribution in [-0.4, -0.2) is 45.4 Å². The van der Waals surface area contributed by atoms with Crippen LogP contribution in [0.1, 0.15) is 28.9 Å². The molecule has 0 radical (unpaired) electrons. The zero-order chi connectivity index (χ0) is 18.5. The van der Waals surface area contributed by atoms with E-state index in [0.717, 1.165) is 36.5 Å². The van der Waals surface area contributed by atoms with E-state index >= 15 is 0 Å². The Morgan fingerprint density at radius 2 is 1.92 bits per heavy atom. The standard InChI is InChI=1S/C20H26N4OS/c1-14-12-15(2)22-20(21-14)23-18(9-11-26-3)19(25)24-10-8-16-6-4-5-7-17(16)13-24/h4-7,12,18H,8-11,13H2,1-3H3,(H,21,22,23). The Morgan fingerprint density at radius 1 is 1.23 bits per heavy atom. The van der Waals surface area contributed by atoms with E-state index in [2.05, 4.69) is 39.7 Å². The predicted molar refractivity (Wildman–Crippen MR) is 107 cm³/mol. The molecule has 0 saturated carbocycles. The monoisotopic (exact) mass is 370 g/mol. The zero-order valence-corrected chi connectivity index (χ0v) is 16.5. The summed E-state index contributed by atoms with van der Waals surface area (Å²) in [6.07, 6.45) is 3.73. The third kappa shape index (κ3) is 4.55. The maximum Gasteiger partial charge on any atom is 0.245 e. The van der Waals surface area contributed by atoms with Crippen molar-refractivity contribution in [2.75, 3.05) is 23.9 Å². The lowest BCUT2D eigenvalue weighted by Gasteiger charge is -2.32. The fourth-order valence-corrected chi connectivity index (χ4v) is 3.82. The summed E-state index contributed by atoms with van der Waals surface area (Å²) in [5, 5.41) is 3.29. The average Bonchev–Trinajstić information content (AvgIpc) is 2.63. The van der Waals surface area contributed by atoms with Gasteiger partial charge in [0.2, 0.25) is 11.9 Å². The predicted octanol–water partition coefficient (Wildman–Crippen LogP) is 3.21. The third-order valence-corrected chi connectivity index (χ3v) is 5.28. The van der Waals surface area contributed by atoms with Gasteiger partial charge in [-0.05, 0) is 55.9 Å². The summed E-state index contributed by atoms with van der Waals surface area (Å²) in [5.74, 6) is 1.59. The second-order valence-corrected chi connectivity index (χ2v) is 7.72. The SMILES string of the molecule is CSCCC(Nc1nc(C)cc(C)n1)C(=O)N1CCc2ccccc2C1. The van der Waals surface area contributed by atoms with E-state index in [1.54, 1.807) is 11.8 Å². The molecule has 1 N–H and O–H groups in total. The fraction of sp³-hybridized carbons (Fsp3) is 0.450. The molecule has 5 nitrogen and oxygen atoms in total. The number of carbonyl (C=O) groups excluding carboxylic acids is 1. The second-order valence-electron chi connectivity index (χ2n) is 6.73. The molecule has 0 spiro atoms. The molecule has 6 heteroatoms. The lowest BCUT2D eigenvalue weighted by Crippen LogP contribution is -2.45. The molecule has 138 valence electrons. The van der Waals surface area contributed by atoms with E-state index in [1.165, 1.54) is 11.1 Å². The van der Waals surface area contributed by atoms with Crippen molar-refractivity contribution in [3.8, 4) is 0 Å². The van der Waals surface area contributed by atoms with Crippen LogP contribution in [0.2, 0.25) is 0 Å². The minimum Gasteiger partial charge on any atom is -0.342 e. The number of benzene rings is 1. The summed E-state index contributed by atoms with van der Waals surface area (Å²) in [6.45, 7) is 5.33. The Kier molecular flexibility index (Phi) is 6.14. The van der Waals surface area contributed by atoms with E-state index in [1.807, 2.05) is 30.9 Å². The van der Waals surface area contributed by atoms with Gasteiger partial charge < -0.3 is 10.2 Å². The number of hydrogen-bond acceptors (Lipinski definition) is 5. The Hall–Kier alpha value is -2.08. The van der Waals surface area contributed by atoms with Crippen LogP contribution in [0.3, 0.4) is 0 Å². The van der Waals surface area contributed by atoms with Gasteiger partial charge >= 0.3 is 0 Å². The number of hydrogen-bond donors (Lipinski definition) is 1. The quantitative estimate of drug-likeness (QED) is 0.846. The first-order valence-electron chi connectivity index (χ1n) is 9.00. The van der Waals surface area contributed by atoms with Crippen LogP contribution < -0.4 is 5.32 Å². The molecule has 1 aliphatic rings. The molecule has 3 rings (SSSR count). The first kappa shape index (κ1) is 18.7.